The number of phenolic OH excluding ortho intramolecular Hbond substituents is 1. The van der Waals surface area contributed by atoms with Crippen molar-refractivity contribution in [1.82, 2.24) is 5.32 Å². The summed E-state index contributed by atoms with van der Waals surface area (Å²) in [7, 11) is -3.42. The van der Waals surface area contributed by atoms with Gasteiger partial charge >= 0.3 is 5.97 Å². The molecular weight excluding hydrogens is 687 g/mol. The van der Waals surface area contributed by atoms with Gasteiger partial charge in [0.1, 0.15) is 17.1 Å². The van der Waals surface area contributed by atoms with Crippen molar-refractivity contribution in [2.24, 2.45) is 0 Å². The Bertz CT molecular complexity index is 2090. The van der Waals surface area contributed by atoms with Crippen LogP contribution in [0.15, 0.2) is 71.6 Å². The van der Waals surface area contributed by atoms with Crippen LogP contribution in [0.3, 0.4) is 0 Å². The summed E-state index contributed by atoms with van der Waals surface area (Å²) in [4.78, 5) is 35.6. The number of unbranched alkanes of at least 4 members (excludes halogenated alkanes) is 1. The predicted molar refractivity (Wildman–Crippen MR) is 201 cm³/mol. The van der Waals surface area contributed by atoms with E-state index in [9.17, 15) is 33.2 Å². The standard InChI is InChI=1S/C39H47N3O9S/c1-8-38(3,4)25-16-19-34(31(22-25)39(5,6)9-2)51-21-13-12-20-40-36(44)30-24-32(27-14-10-11-15-28(27)35(30)43)41-52(48,49)26-17-18-29(37(45)50-7)33(23-26)42(46)47/h10-11,14-19,22-24,41,43H,8-9,12-13,20-21H2,1-7H3,(H,40,44). The Balaban J connectivity index is 1.48. The van der Waals surface area contributed by atoms with Gasteiger partial charge in [0.25, 0.3) is 21.6 Å². The van der Waals surface area contributed by atoms with Crippen LogP contribution in [0.1, 0.15) is 99.1 Å². The fraction of sp³-hybridized carbons (Fsp3) is 0.385. The number of carbonyl (C=O) groups is 2. The Morgan fingerprint density at radius 3 is 2.19 bits per heavy atom. The lowest BCUT2D eigenvalue weighted by molar-refractivity contribution is -0.385. The van der Waals surface area contributed by atoms with Gasteiger partial charge in [-0.05, 0) is 66.3 Å². The topological polar surface area (TPSA) is 174 Å². The minimum atomic E-state index is -4.47. The molecule has 0 heterocycles. The molecule has 13 heteroatoms. The number of hydrogen-bond donors (Lipinski definition) is 3. The monoisotopic (exact) mass is 733 g/mol. The maximum absolute atomic E-state index is 13.5. The van der Waals surface area contributed by atoms with E-state index in [0.29, 0.717) is 19.4 Å². The number of methoxy groups -OCH3 is 1. The normalized spacial score (nSPS) is 12.0. The second kappa shape index (κ2) is 16.0. The zero-order valence-corrected chi connectivity index (χ0v) is 31.5. The average molecular weight is 734 g/mol. The van der Waals surface area contributed by atoms with Gasteiger partial charge in [0.15, 0.2) is 0 Å². The largest absolute Gasteiger partial charge is 0.506 e. The summed E-state index contributed by atoms with van der Waals surface area (Å²) >= 11 is 0. The Morgan fingerprint density at radius 1 is 0.885 bits per heavy atom. The second-order valence-corrected chi connectivity index (χ2v) is 15.6. The highest BCUT2D eigenvalue weighted by Gasteiger charge is 2.28. The van der Waals surface area contributed by atoms with Crippen molar-refractivity contribution in [3.8, 4) is 11.5 Å². The van der Waals surface area contributed by atoms with E-state index in [4.69, 9.17) is 4.74 Å². The molecule has 0 unspecified atom stereocenters. The number of phenols is 1. The van der Waals surface area contributed by atoms with Crippen LogP contribution in [0.4, 0.5) is 11.4 Å². The van der Waals surface area contributed by atoms with E-state index < -0.39 is 43.0 Å². The molecule has 0 radical (unpaired) electrons. The molecule has 3 N–H and O–H groups in total. The van der Waals surface area contributed by atoms with E-state index in [-0.39, 0.29) is 45.1 Å². The van der Waals surface area contributed by atoms with Gasteiger partial charge in [0, 0.05) is 28.9 Å². The number of ether oxygens (including phenoxy) is 2. The van der Waals surface area contributed by atoms with Crippen LogP contribution in [0.5, 0.6) is 11.5 Å². The number of nitrogens with one attached hydrogen (secondary N) is 2. The van der Waals surface area contributed by atoms with Gasteiger partial charge in [-0.15, -0.1) is 0 Å². The summed E-state index contributed by atoms with van der Waals surface area (Å²) in [5.41, 5.74) is 1.03. The zero-order valence-electron chi connectivity index (χ0n) is 30.7. The molecule has 0 fully saturated rings. The number of hydrogen-bond acceptors (Lipinski definition) is 9. The van der Waals surface area contributed by atoms with Gasteiger partial charge in [0.05, 0.1) is 34.8 Å². The molecule has 52 heavy (non-hydrogen) atoms. The van der Waals surface area contributed by atoms with Gasteiger partial charge in [-0.3, -0.25) is 19.6 Å². The summed E-state index contributed by atoms with van der Waals surface area (Å²) in [5.74, 6) is -1.11. The van der Waals surface area contributed by atoms with E-state index in [1.165, 1.54) is 17.7 Å². The van der Waals surface area contributed by atoms with Crippen LogP contribution < -0.4 is 14.8 Å². The van der Waals surface area contributed by atoms with Crippen LogP contribution in [0.2, 0.25) is 0 Å². The second-order valence-electron chi connectivity index (χ2n) is 13.9. The number of fused-ring (bicyclic) bond motifs is 1. The molecule has 0 aliphatic rings. The van der Waals surface area contributed by atoms with Gasteiger partial charge in [-0.1, -0.05) is 77.9 Å². The van der Waals surface area contributed by atoms with Crippen LogP contribution in [0.25, 0.3) is 10.8 Å². The van der Waals surface area contributed by atoms with Crippen molar-refractivity contribution in [2.75, 3.05) is 25.0 Å². The Labute approximate surface area is 304 Å². The lowest BCUT2D eigenvalue weighted by Gasteiger charge is -2.30. The van der Waals surface area contributed by atoms with Gasteiger partial charge < -0.3 is 19.9 Å². The number of amides is 1. The first-order chi connectivity index (χ1) is 24.5. The number of nitro benzene ring substituents is 1. The summed E-state index contributed by atoms with van der Waals surface area (Å²) in [5, 5.41) is 26.0. The van der Waals surface area contributed by atoms with E-state index in [2.05, 4.69) is 68.5 Å². The van der Waals surface area contributed by atoms with Crippen LogP contribution in [0, 0.1) is 10.1 Å². The minimum Gasteiger partial charge on any atom is -0.506 e. The quantitative estimate of drug-likeness (QED) is 0.0339. The molecule has 0 saturated carbocycles. The molecule has 4 rings (SSSR count). The maximum Gasteiger partial charge on any atom is 0.344 e. The van der Waals surface area contributed by atoms with Crippen LogP contribution in [-0.4, -0.2) is 50.6 Å². The minimum absolute atomic E-state index is 0.0363. The third-order valence-corrected chi connectivity index (χ3v) is 11.1. The highest BCUT2D eigenvalue weighted by molar-refractivity contribution is 7.92. The Morgan fingerprint density at radius 2 is 1.56 bits per heavy atom. The summed E-state index contributed by atoms with van der Waals surface area (Å²) in [6.07, 6.45) is 3.18. The van der Waals surface area contributed by atoms with Gasteiger partial charge in [-0.2, -0.15) is 0 Å². The highest BCUT2D eigenvalue weighted by Crippen LogP contribution is 2.39. The summed E-state index contributed by atoms with van der Waals surface area (Å²) in [6, 6.07) is 16.8. The molecule has 278 valence electrons. The first-order valence-electron chi connectivity index (χ1n) is 17.2. The van der Waals surface area contributed by atoms with Crippen molar-refractivity contribution in [3.63, 3.8) is 0 Å². The van der Waals surface area contributed by atoms with E-state index in [1.54, 1.807) is 18.2 Å². The lowest BCUT2D eigenvalue weighted by Crippen LogP contribution is -2.25. The van der Waals surface area contributed by atoms with Crippen molar-refractivity contribution in [2.45, 2.75) is 83.0 Å². The number of esters is 1. The predicted octanol–water partition coefficient (Wildman–Crippen LogP) is 8.01. The molecule has 0 bridgehead atoms. The molecular formula is C39H47N3O9S. The Kier molecular flexibility index (Phi) is 12.2. The molecule has 0 saturated heterocycles. The van der Waals surface area contributed by atoms with Gasteiger partial charge in [0.2, 0.25) is 0 Å². The maximum atomic E-state index is 13.5. The van der Waals surface area contributed by atoms with Crippen molar-refractivity contribution in [1.29, 1.82) is 0 Å². The van der Waals surface area contributed by atoms with E-state index in [1.807, 2.05) is 6.07 Å². The molecule has 0 aromatic heterocycles. The summed E-state index contributed by atoms with van der Waals surface area (Å²) in [6.45, 7) is 13.9. The first kappa shape index (κ1) is 39.6. The number of carbonyl (C=O) groups excluding carboxylic acids is 2. The molecule has 0 spiro atoms. The number of aromatic hydroxyl groups is 1. The SMILES string of the molecule is CCC(C)(C)c1ccc(OCCCCNC(=O)c2cc(NS(=O)(=O)c3ccc(C(=O)OC)c([N+](=O)[O-])c3)c3ccccc3c2O)c(C(C)(C)CC)c1. The molecule has 1 amide bonds. The van der Waals surface area contributed by atoms with Crippen molar-refractivity contribution < 1.29 is 37.5 Å². The molecule has 0 aliphatic heterocycles. The number of nitro groups is 1. The third kappa shape index (κ3) is 8.64. The fourth-order valence-electron chi connectivity index (χ4n) is 5.64. The van der Waals surface area contributed by atoms with Crippen molar-refractivity contribution >= 4 is 44.0 Å². The molecule has 12 nitrogen and oxygen atoms in total. The van der Waals surface area contributed by atoms with Crippen molar-refractivity contribution in [3.05, 3.63) is 99.1 Å². The molecule has 0 atom stereocenters. The number of sulfonamides is 1. The van der Waals surface area contributed by atoms with Crippen LogP contribution in [-0.2, 0) is 25.6 Å². The number of rotatable bonds is 16. The van der Waals surface area contributed by atoms with Crippen LogP contribution >= 0.6 is 0 Å². The smallest absolute Gasteiger partial charge is 0.344 e. The average Bonchev–Trinajstić information content (AvgIpc) is 3.13. The fourth-order valence-corrected chi connectivity index (χ4v) is 6.73. The van der Waals surface area contributed by atoms with E-state index in [0.717, 1.165) is 49.5 Å². The molecule has 4 aromatic carbocycles. The third-order valence-electron chi connectivity index (χ3n) is 9.76. The molecule has 0 aliphatic carbocycles. The lowest BCUT2D eigenvalue weighted by atomic mass is 9.76. The molecule has 4 aromatic rings. The van der Waals surface area contributed by atoms with E-state index >= 15 is 0 Å². The zero-order chi connectivity index (χ0) is 38.4. The van der Waals surface area contributed by atoms with Gasteiger partial charge in [-0.25, -0.2) is 13.2 Å². The first-order valence-corrected chi connectivity index (χ1v) is 18.7. The highest BCUT2D eigenvalue weighted by atomic mass is 32.2. The summed E-state index contributed by atoms with van der Waals surface area (Å²) < 4.78 is 40.1. The Hall–Kier alpha value is -5.17. The number of benzene rings is 4. The number of nitrogens with zero attached hydrogens (tertiary/aromatic N) is 1. The number of anilines is 1.